The standard InChI is InChI=1S/C22H25ClFNO/c1-3-5-15-6-8-16(9-7-15)19-12-10-17(14-25-19)18-11-13-20(26-4-2)22(24)21(18)23/h8,10-15H,3-7,9H2,1-2H3. The number of hydrogen-bond acceptors (Lipinski definition) is 2. The molecule has 138 valence electrons. The number of allylic oxidation sites excluding steroid dienone is 2. The molecular weight excluding hydrogens is 349 g/mol. The first-order chi connectivity index (χ1) is 12.6. The lowest BCUT2D eigenvalue weighted by Crippen LogP contribution is -2.05. The number of hydrogen-bond donors (Lipinski definition) is 0. The van der Waals surface area contributed by atoms with E-state index in [9.17, 15) is 4.39 Å². The second-order valence-corrected chi connectivity index (χ2v) is 7.14. The highest BCUT2D eigenvalue weighted by molar-refractivity contribution is 6.33. The molecule has 2 aromatic rings. The van der Waals surface area contributed by atoms with E-state index in [0.717, 1.165) is 30.0 Å². The fourth-order valence-corrected chi connectivity index (χ4v) is 3.82. The smallest absolute Gasteiger partial charge is 0.184 e. The van der Waals surface area contributed by atoms with Gasteiger partial charge < -0.3 is 4.74 Å². The van der Waals surface area contributed by atoms with Crippen LogP contribution in [0.3, 0.4) is 0 Å². The highest BCUT2D eigenvalue weighted by atomic mass is 35.5. The maximum absolute atomic E-state index is 14.3. The molecule has 4 heteroatoms. The zero-order valence-electron chi connectivity index (χ0n) is 15.4. The molecule has 0 fully saturated rings. The Bertz CT molecular complexity index is 785. The predicted octanol–water partition coefficient (Wildman–Crippen LogP) is 6.92. The van der Waals surface area contributed by atoms with Gasteiger partial charge in [-0.05, 0) is 55.9 Å². The Hall–Kier alpha value is -1.87. The van der Waals surface area contributed by atoms with Crippen molar-refractivity contribution in [3.05, 3.63) is 53.1 Å². The van der Waals surface area contributed by atoms with Crippen molar-refractivity contribution in [3.63, 3.8) is 0 Å². The third-order valence-electron chi connectivity index (χ3n) is 4.97. The summed E-state index contributed by atoms with van der Waals surface area (Å²) in [6.45, 7) is 4.46. The minimum atomic E-state index is -0.521. The third-order valence-corrected chi connectivity index (χ3v) is 5.34. The van der Waals surface area contributed by atoms with Gasteiger partial charge in [-0.15, -0.1) is 0 Å². The molecule has 0 saturated carbocycles. The highest BCUT2D eigenvalue weighted by Crippen LogP contribution is 2.36. The molecule has 3 rings (SSSR count). The average molecular weight is 374 g/mol. The monoisotopic (exact) mass is 373 g/mol. The summed E-state index contributed by atoms with van der Waals surface area (Å²) in [5, 5.41) is 0.0739. The second kappa shape index (κ2) is 8.68. The van der Waals surface area contributed by atoms with Gasteiger partial charge in [-0.1, -0.05) is 43.5 Å². The lowest BCUT2D eigenvalue weighted by atomic mass is 9.85. The van der Waals surface area contributed by atoms with E-state index in [-0.39, 0.29) is 10.8 Å². The molecule has 0 amide bonds. The SMILES string of the molecule is CCCC1CC=C(c2ccc(-c3ccc(OCC)c(F)c3Cl)cn2)CC1. The normalized spacial score (nSPS) is 17.1. The van der Waals surface area contributed by atoms with Crippen LogP contribution in [0.25, 0.3) is 16.7 Å². The van der Waals surface area contributed by atoms with Crippen molar-refractivity contribution in [2.75, 3.05) is 6.61 Å². The Labute approximate surface area is 160 Å². The number of aromatic nitrogens is 1. The first kappa shape index (κ1) is 18.9. The van der Waals surface area contributed by atoms with Gasteiger partial charge in [0.2, 0.25) is 0 Å². The summed E-state index contributed by atoms with van der Waals surface area (Å²) in [5.41, 5.74) is 3.76. The number of halogens is 2. The molecule has 1 aromatic heterocycles. The van der Waals surface area contributed by atoms with E-state index in [1.165, 1.54) is 24.8 Å². The second-order valence-electron chi connectivity index (χ2n) is 6.76. The molecule has 1 aromatic carbocycles. The van der Waals surface area contributed by atoms with Crippen molar-refractivity contribution < 1.29 is 9.13 Å². The summed E-state index contributed by atoms with van der Waals surface area (Å²) >= 11 is 6.21. The summed E-state index contributed by atoms with van der Waals surface area (Å²) in [7, 11) is 0. The van der Waals surface area contributed by atoms with Crippen molar-refractivity contribution in [2.45, 2.75) is 46.0 Å². The average Bonchev–Trinajstić information content (AvgIpc) is 2.67. The van der Waals surface area contributed by atoms with Crippen molar-refractivity contribution in [1.82, 2.24) is 4.98 Å². The van der Waals surface area contributed by atoms with Crippen LogP contribution < -0.4 is 4.74 Å². The van der Waals surface area contributed by atoms with Gasteiger partial charge in [0.25, 0.3) is 0 Å². The maximum atomic E-state index is 14.3. The van der Waals surface area contributed by atoms with Crippen LogP contribution in [-0.4, -0.2) is 11.6 Å². The van der Waals surface area contributed by atoms with E-state index in [0.29, 0.717) is 12.2 Å². The number of pyridine rings is 1. The Morgan fingerprint density at radius 3 is 2.69 bits per heavy atom. The number of nitrogens with zero attached hydrogens (tertiary/aromatic N) is 1. The maximum Gasteiger partial charge on any atom is 0.184 e. The minimum absolute atomic E-state index is 0.0739. The van der Waals surface area contributed by atoms with Gasteiger partial charge in [-0.2, -0.15) is 0 Å². The van der Waals surface area contributed by atoms with E-state index in [1.807, 2.05) is 19.1 Å². The van der Waals surface area contributed by atoms with E-state index < -0.39 is 5.82 Å². The molecule has 1 aliphatic rings. The van der Waals surface area contributed by atoms with Gasteiger partial charge in [-0.3, -0.25) is 4.98 Å². The topological polar surface area (TPSA) is 22.1 Å². The number of rotatable bonds is 6. The van der Waals surface area contributed by atoms with E-state index in [1.54, 1.807) is 18.3 Å². The molecule has 26 heavy (non-hydrogen) atoms. The Balaban J connectivity index is 1.79. The molecule has 1 aliphatic carbocycles. The first-order valence-corrected chi connectivity index (χ1v) is 9.78. The van der Waals surface area contributed by atoms with Crippen molar-refractivity contribution >= 4 is 17.2 Å². The molecule has 0 radical (unpaired) electrons. The third kappa shape index (κ3) is 4.09. The number of benzene rings is 1. The van der Waals surface area contributed by atoms with Gasteiger partial charge in [0.1, 0.15) is 0 Å². The van der Waals surface area contributed by atoms with Gasteiger partial charge in [0, 0.05) is 17.3 Å². The van der Waals surface area contributed by atoms with E-state index >= 15 is 0 Å². The summed E-state index contributed by atoms with van der Waals surface area (Å²) in [6, 6.07) is 7.36. The van der Waals surface area contributed by atoms with Gasteiger partial charge in [0.05, 0.1) is 17.3 Å². The van der Waals surface area contributed by atoms with E-state index in [4.69, 9.17) is 16.3 Å². The summed E-state index contributed by atoms with van der Waals surface area (Å²) in [5.74, 6) is 0.473. The van der Waals surface area contributed by atoms with Crippen molar-refractivity contribution in [3.8, 4) is 16.9 Å². The largest absolute Gasteiger partial charge is 0.491 e. The summed E-state index contributed by atoms with van der Waals surface area (Å²) in [4.78, 5) is 4.60. The molecular formula is C22H25ClFNO. The Morgan fingerprint density at radius 2 is 2.08 bits per heavy atom. The zero-order chi connectivity index (χ0) is 18.5. The minimum Gasteiger partial charge on any atom is -0.491 e. The first-order valence-electron chi connectivity index (χ1n) is 9.40. The molecule has 2 nitrogen and oxygen atoms in total. The molecule has 1 heterocycles. The van der Waals surface area contributed by atoms with Gasteiger partial charge in [0.15, 0.2) is 11.6 Å². The molecule has 1 unspecified atom stereocenters. The molecule has 0 bridgehead atoms. The lowest BCUT2D eigenvalue weighted by Gasteiger charge is -2.21. The molecule has 0 spiro atoms. The summed E-state index contributed by atoms with van der Waals surface area (Å²) < 4.78 is 19.6. The quantitative estimate of drug-likeness (QED) is 0.548. The van der Waals surface area contributed by atoms with Crippen LogP contribution in [-0.2, 0) is 0 Å². The fourth-order valence-electron chi connectivity index (χ4n) is 3.56. The highest BCUT2D eigenvalue weighted by Gasteiger charge is 2.17. The van der Waals surface area contributed by atoms with E-state index in [2.05, 4.69) is 18.0 Å². The number of ether oxygens (including phenoxy) is 1. The van der Waals surface area contributed by atoms with Crippen LogP contribution in [0.2, 0.25) is 5.02 Å². The fraction of sp³-hybridized carbons (Fsp3) is 0.409. The summed E-state index contributed by atoms with van der Waals surface area (Å²) in [6.07, 6.45) is 10.1. The lowest BCUT2D eigenvalue weighted by molar-refractivity contribution is 0.322. The van der Waals surface area contributed by atoms with Crippen LogP contribution >= 0.6 is 11.6 Å². The Kier molecular flexibility index (Phi) is 6.31. The van der Waals surface area contributed by atoms with Crippen LogP contribution in [0, 0.1) is 11.7 Å². The van der Waals surface area contributed by atoms with Crippen LogP contribution in [0.15, 0.2) is 36.5 Å². The van der Waals surface area contributed by atoms with Crippen molar-refractivity contribution in [2.24, 2.45) is 5.92 Å². The predicted molar refractivity (Wildman–Crippen MR) is 106 cm³/mol. The zero-order valence-corrected chi connectivity index (χ0v) is 16.2. The molecule has 1 atom stereocenters. The van der Waals surface area contributed by atoms with Gasteiger partial charge >= 0.3 is 0 Å². The Morgan fingerprint density at radius 1 is 1.23 bits per heavy atom. The van der Waals surface area contributed by atoms with Crippen molar-refractivity contribution in [1.29, 1.82) is 0 Å². The molecule has 0 aliphatic heterocycles. The van der Waals surface area contributed by atoms with Gasteiger partial charge in [-0.25, -0.2) is 4.39 Å². The van der Waals surface area contributed by atoms with Crippen LogP contribution in [0.5, 0.6) is 5.75 Å². The van der Waals surface area contributed by atoms with Crippen LogP contribution in [0.4, 0.5) is 4.39 Å². The molecule has 0 N–H and O–H groups in total. The van der Waals surface area contributed by atoms with Crippen LogP contribution in [0.1, 0.15) is 51.6 Å². The molecule has 0 saturated heterocycles.